The molecular weight excluding hydrogens is 534 g/mol. The summed E-state index contributed by atoms with van der Waals surface area (Å²) in [6.45, 7) is 1.44. The molecule has 0 radical (unpaired) electrons. The van der Waals surface area contributed by atoms with E-state index in [0.29, 0.717) is 25.5 Å². The molecule has 0 spiro atoms. The number of hydrogen-bond donors (Lipinski definition) is 0. The van der Waals surface area contributed by atoms with Gasteiger partial charge in [-0.25, -0.2) is 9.78 Å². The number of carbonyl (C=O) groups is 3. The molecule has 1 aliphatic rings. The van der Waals surface area contributed by atoms with Gasteiger partial charge in [0.15, 0.2) is 5.76 Å². The Hall–Kier alpha value is -4.76. The second-order valence-corrected chi connectivity index (χ2v) is 10.2. The summed E-state index contributed by atoms with van der Waals surface area (Å²) >= 11 is 0. The monoisotopic (exact) mass is 567 g/mol. The van der Waals surface area contributed by atoms with E-state index < -0.39 is 23.3 Å². The number of methoxy groups -OCH3 is 1. The number of nitrogens with zero attached hydrogens (tertiary/aromatic N) is 3. The second-order valence-electron chi connectivity index (χ2n) is 10.2. The fourth-order valence-corrected chi connectivity index (χ4v) is 5.42. The van der Waals surface area contributed by atoms with Crippen LogP contribution in [0, 0.1) is 0 Å². The lowest BCUT2D eigenvalue weighted by Crippen LogP contribution is -2.63. The molecule has 4 aromatic rings. The Balaban J connectivity index is 1.38. The van der Waals surface area contributed by atoms with Crippen LogP contribution in [0.25, 0.3) is 0 Å². The van der Waals surface area contributed by atoms with Crippen molar-refractivity contribution in [1.29, 1.82) is 0 Å². The van der Waals surface area contributed by atoms with E-state index in [2.05, 4.69) is 9.88 Å². The molecule has 1 unspecified atom stereocenters. The first-order chi connectivity index (χ1) is 20.5. The number of carbonyl (C=O) groups excluding carboxylic acids is 3. The fourth-order valence-electron chi connectivity index (χ4n) is 5.42. The van der Waals surface area contributed by atoms with Crippen LogP contribution in [0.3, 0.4) is 0 Å². The summed E-state index contributed by atoms with van der Waals surface area (Å²) in [6, 6.07) is 27.5. The first-order valence-corrected chi connectivity index (χ1v) is 13.9. The molecule has 1 saturated heterocycles. The zero-order chi connectivity index (χ0) is 29.4. The van der Waals surface area contributed by atoms with Gasteiger partial charge in [0.05, 0.1) is 19.3 Å². The van der Waals surface area contributed by atoms with Gasteiger partial charge in [-0.05, 0) is 48.2 Å². The van der Waals surface area contributed by atoms with Gasteiger partial charge in [-0.2, -0.15) is 0 Å². The van der Waals surface area contributed by atoms with E-state index in [4.69, 9.17) is 13.9 Å². The number of esters is 2. The van der Waals surface area contributed by atoms with E-state index in [0.717, 1.165) is 11.1 Å². The molecule has 0 saturated carbocycles. The Kier molecular flexibility index (Phi) is 9.08. The highest BCUT2D eigenvalue weighted by Crippen LogP contribution is 2.36. The Bertz CT molecular complexity index is 1450. The summed E-state index contributed by atoms with van der Waals surface area (Å²) in [6.07, 6.45) is 3.52. The van der Waals surface area contributed by atoms with Gasteiger partial charge in [0.2, 0.25) is 0 Å². The summed E-state index contributed by atoms with van der Waals surface area (Å²) in [5.74, 6) is -1.45. The molecular formula is C33H33N3O6. The Morgan fingerprint density at radius 1 is 0.929 bits per heavy atom. The number of hydrogen-bond acceptors (Lipinski definition) is 8. The number of benzene rings is 2. The van der Waals surface area contributed by atoms with Gasteiger partial charge < -0.3 is 18.8 Å². The summed E-state index contributed by atoms with van der Waals surface area (Å²) in [7, 11) is 1.32. The molecule has 9 nitrogen and oxygen atoms in total. The Morgan fingerprint density at radius 2 is 1.62 bits per heavy atom. The molecule has 1 atom stereocenters. The minimum atomic E-state index is -1.32. The third kappa shape index (κ3) is 6.26. The van der Waals surface area contributed by atoms with Crippen LogP contribution in [0.15, 0.2) is 108 Å². The van der Waals surface area contributed by atoms with E-state index in [1.165, 1.54) is 18.3 Å². The topological polar surface area (TPSA) is 102 Å². The van der Waals surface area contributed by atoms with Crippen LogP contribution in [0.5, 0.6) is 0 Å². The molecule has 1 fully saturated rings. The number of aromatic nitrogens is 1. The highest BCUT2D eigenvalue weighted by molar-refractivity contribution is 6.09. The molecule has 1 aliphatic heterocycles. The highest BCUT2D eigenvalue weighted by atomic mass is 16.5. The average Bonchev–Trinajstić information content (AvgIpc) is 3.60. The number of likely N-dealkylation sites (tertiary alicyclic amines) is 1. The maximum absolute atomic E-state index is 13.8. The van der Waals surface area contributed by atoms with Crippen molar-refractivity contribution in [2.24, 2.45) is 0 Å². The SMILES string of the molecule is COC(=O)C1(N(C(=O)c2ccco2)c2ccccn2)CCN(CC(C(=O)OCc2ccccc2)c2ccccc2)CC1. The molecule has 9 heteroatoms. The van der Waals surface area contributed by atoms with Gasteiger partial charge in [-0.3, -0.25) is 14.5 Å². The molecule has 2 aromatic carbocycles. The lowest BCUT2D eigenvalue weighted by Gasteiger charge is -2.46. The van der Waals surface area contributed by atoms with Crippen LogP contribution in [-0.4, -0.2) is 60.0 Å². The van der Waals surface area contributed by atoms with Gasteiger partial charge in [-0.1, -0.05) is 66.7 Å². The number of piperidine rings is 1. The molecule has 216 valence electrons. The Morgan fingerprint density at radius 3 is 2.24 bits per heavy atom. The van der Waals surface area contributed by atoms with Crippen molar-refractivity contribution >= 4 is 23.7 Å². The fraction of sp³-hybridized carbons (Fsp3) is 0.273. The average molecular weight is 568 g/mol. The summed E-state index contributed by atoms with van der Waals surface area (Å²) in [4.78, 5) is 48.6. The predicted molar refractivity (Wildman–Crippen MR) is 156 cm³/mol. The van der Waals surface area contributed by atoms with Crippen LogP contribution >= 0.6 is 0 Å². The van der Waals surface area contributed by atoms with Crippen LogP contribution in [0.4, 0.5) is 5.82 Å². The first-order valence-electron chi connectivity index (χ1n) is 13.9. The van der Waals surface area contributed by atoms with E-state index in [1.807, 2.05) is 60.7 Å². The number of amides is 1. The summed E-state index contributed by atoms with van der Waals surface area (Å²) in [5, 5.41) is 0. The maximum Gasteiger partial charge on any atom is 0.332 e. The third-order valence-corrected chi connectivity index (χ3v) is 7.64. The van der Waals surface area contributed by atoms with E-state index in [9.17, 15) is 14.4 Å². The normalized spacial score (nSPS) is 15.4. The standard InChI is InChI=1S/C33H33N3O6/c1-40-32(39)33(36(29-16-8-9-19-34-29)30(37)28-15-10-22-41-28)17-20-35(21-18-33)23-27(26-13-6-3-7-14-26)31(38)42-24-25-11-4-2-5-12-25/h2-16,19,22,27H,17-18,20-21,23-24H2,1H3. The van der Waals surface area contributed by atoms with Crippen molar-refractivity contribution in [2.75, 3.05) is 31.6 Å². The second kappa shape index (κ2) is 13.3. The van der Waals surface area contributed by atoms with Gasteiger partial charge in [-0.15, -0.1) is 0 Å². The van der Waals surface area contributed by atoms with Crippen molar-refractivity contribution in [1.82, 2.24) is 9.88 Å². The largest absolute Gasteiger partial charge is 0.467 e. The van der Waals surface area contributed by atoms with Crippen LogP contribution < -0.4 is 4.90 Å². The number of furan rings is 1. The van der Waals surface area contributed by atoms with Gasteiger partial charge in [0.25, 0.3) is 5.91 Å². The van der Waals surface area contributed by atoms with Crippen molar-refractivity contribution < 1.29 is 28.3 Å². The molecule has 42 heavy (non-hydrogen) atoms. The number of anilines is 1. The van der Waals surface area contributed by atoms with Crippen LogP contribution in [0.2, 0.25) is 0 Å². The zero-order valence-corrected chi connectivity index (χ0v) is 23.4. The molecule has 3 heterocycles. The highest BCUT2D eigenvalue weighted by Gasteiger charge is 2.51. The van der Waals surface area contributed by atoms with Crippen LogP contribution in [0.1, 0.15) is 40.4 Å². The predicted octanol–water partition coefficient (Wildman–Crippen LogP) is 4.86. The quantitative estimate of drug-likeness (QED) is 0.251. The first kappa shape index (κ1) is 28.8. The van der Waals surface area contributed by atoms with Crippen molar-refractivity contribution in [2.45, 2.75) is 30.9 Å². The van der Waals surface area contributed by atoms with Gasteiger partial charge in [0, 0.05) is 25.8 Å². The minimum Gasteiger partial charge on any atom is -0.467 e. The summed E-state index contributed by atoms with van der Waals surface area (Å²) < 4.78 is 16.4. The molecule has 0 N–H and O–H groups in total. The smallest absolute Gasteiger partial charge is 0.332 e. The zero-order valence-electron chi connectivity index (χ0n) is 23.4. The minimum absolute atomic E-state index is 0.0941. The lowest BCUT2D eigenvalue weighted by atomic mass is 9.84. The van der Waals surface area contributed by atoms with Crippen molar-refractivity contribution in [3.05, 3.63) is 120 Å². The van der Waals surface area contributed by atoms with E-state index >= 15 is 0 Å². The van der Waals surface area contributed by atoms with E-state index in [-0.39, 0.29) is 31.2 Å². The number of rotatable bonds is 10. The van der Waals surface area contributed by atoms with E-state index in [1.54, 1.807) is 36.5 Å². The number of pyridine rings is 1. The molecule has 0 aliphatic carbocycles. The van der Waals surface area contributed by atoms with Crippen molar-refractivity contribution in [3.63, 3.8) is 0 Å². The summed E-state index contributed by atoms with van der Waals surface area (Å²) in [5.41, 5.74) is 0.442. The Labute approximate surface area is 244 Å². The molecule has 0 bridgehead atoms. The number of ether oxygens (including phenoxy) is 2. The molecule has 2 aromatic heterocycles. The third-order valence-electron chi connectivity index (χ3n) is 7.64. The molecule has 5 rings (SSSR count). The van der Waals surface area contributed by atoms with Gasteiger partial charge in [0.1, 0.15) is 18.0 Å². The lowest BCUT2D eigenvalue weighted by molar-refractivity contribution is -0.150. The van der Waals surface area contributed by atoms with Crippen molar-refractivity contribution in [3.8, 4) is 0 Å². The van der Waals surface area contributed by atoms with Gasteiger partial charge >= 0.3 is 11.9 Å². The molecule has 1 amide bonds. The maximum atomic E-state index is 13.8. The van der Waals surface area contributed by atoms with Crippen LogP contribution in [-0.2, 0) is 25.7 Å².